The van der Waals surface area contributed by atoms with Crippen molar-refractivity contribution < 1.29 is 33.8 Å². The molecule has 2 bridgehead atoms. The molecule has 10 nitrogen and oxygen atoms in total. The number of aliphatic hydroxyl groups is 1. The summed E-state index contributed by atoms with van der Waals surface area (Å²) in [6, 6.07) is 14.0. The number of ether oxygens (including phenoxy) is 2. The van der Waals surface area contributed by atoms with Gasteiger partial charge in [0, 0.05) is 28.5 Å². The van der Waals surface area contributed by atoms with Crippen LogP contribution in [0.25, 0.3) is 0 Å². The molecule has 256 valence electrons. The molecule has 3 amide bonds. The normalized spacial score (nSPS) is 26.8. The van der Waals surface area contributed by atoms with Gasteiger partial charge in [0.2, 0.25) is 11.8 Å². The zero-order chi connectivity index (χ0) is 34.6. The third-order valence-corrected chi connectivity index (χ3v) is 10.6. The molecule has 12 heteroatoms. The summed E-state index contributed by atoms with van der Waals surface area (Å²) in [5.41, 5.74) is -0.147. The van der Waals surface area contributed by atoms with Crippen molar-refractivity contribution in [1.82, 2.24) is 10.2 Å². The van der Waals surface area contributed by atoms with Crippen molar-refractivity contribution in [2.24, 2.45) is 11.8 Å². The Morgan fingerprint density at radius 3 is 2.52 bits per heavy atom. The third kappa shape index (κ3) is 6.70. The average Bonchev–Trinajstić information content (AvgIpc) is 3.69. The van der Waals surface area contributed by atoms with Crippen molar-refractivity contribution in [3.63, 3.8) is 0 Å². The van der Waals surface area contributed by atoms with Gasteiger partial charge in [-0.05, 0) is 49.1 Å². The molecule has 1 spiro atoms. The highest BCUT2D eigenvalue weighted by Gasteiger charge is 2.77. The summed E-state index contributed by atoms with van der Waals surface area (Å²) < 4.78 is 12.8. The van der Waals surface area contributed by atoms with Gasteiger partial charge in [0.15, 0.2) is 0 Å². The van der Waals surface area contributed by atoms with E-state index in [1.165, 1.54) is 9.80 Å². The molecule has 5 rings (SSSR count). The number of likely N-dealkylation sites (tertiary alicyclic amines) is 1. The fourth-order valence-electron chi connectivity index (χ4n) is 7.29. The van der Waals surface area contributed by atoms with Crippen molar-refractivity contribution in [2.75, 3.05) is 24.6 Å². The first-order valence-corrected chi connectivity index (χ1v) is 17.5. The van der Waals surface area contributed by atoms with Gasteiger partial charge in [-0.15, -0.1) is 13.2 Å². The van der Waals surface area contributed by atoms with E-state index >= 15 is 0 Å². The summed E-state index contributed by atoms with van der Waals surface area (Å²) in [5, 5.41) is 13.8. The summed E-state index contributed by atoms with van der Waals surface area (Å²) in [6.07, 6.45) is 3.07. The van der Waals surface area contributed by atoms with Crippen LogP contribution in [0.1, 0.15) is 44.3 Å². The zero-order valence-corrected chi connectivity index (χ0v) is 29.1. The lowest BCUT2D eigenvalue weighted by Gasteiger charge is -2.39. The number of anilines is 1. The number of amides is 3. The highest BCUT2D eigenvalue weighted by molar-refractivity contribution is 9.09. The van der Waals surface area contributed by atoms with E-state index in [-0.39, 0.29) is 43.3 Å². The fourth-order valence-corrected chi connectivity index (χ4v) is 8.35. The molecule has 3 aliphatic rings. The summed E-state index contributed by atoms with van der Waals surface area (Å²) in [7, 11) is 0. The molecule has 0 aromatic heterocycles. The van der Waals surface area contributed by atoms with Gasteiger partial charge in [-0.25, -0.2) is 0 Å². The SMILES string of the molecule is C=CCCC(=O)NC[C@@H](OC(=O)[C@H]1[C@@H]2O[C@@]3(CC2Br)[C@@H]1C(=O)N([C@@H](CC)CO)[C@@H]3C(=O)N(CC=C)c1ccc(Cl)cc1)c1ccccc1. The quantitative estimate of drug-likeness (QED) is 0.154. The molecule has 2 N–H and O–H groups in total. The van der Waals surface area contributed by atoms with Crippen LogP contribution in [0.3, 0.4) is 0 Å². The first-order valence-electron chi connectivity index (χ1n) is 16.2. The summed E-state index contributed by atoms with van der Waals surface area (Å²) in [4.78, 5) is 58.5. The topological polar surface area (TPSA) is 125 Å². The summed E-state index contributed by atoms with van der Waals surface area (Å²) in [6.45, 7) is 9.10. The molecule has 2 aromatic carbocycles. The molecule has 48 heavy (non-hydrogen) atoms. The standard InChI is InChI=1S/C36H41BrClN3O7/c1-4-7-13-28(43)39-20-27(22-11-9-8-10-12-22)47-35(46)29-30-33(44)41(24(6-3)21-42)32(36(30)19-26(37)31(29)48-36)34(45)40(18-5-2)25-16-14-23(38)15-17-25/h4-5,8-12,14-17,24,26-27,29-32,42H,1-2,6-7,13,18-21H2,3H3,(H,39,43)/t24-,26?,27+,29+,30-,31+,32+,36-/m0/s1. The second-order valence-corrected chi connectivity index (χ2v) is 13.9. The molecular weight excluding hydrogens is 702 g/mol. The first-order chi connectivity index (χ1) is 23.1. The lowest BCUT2D eigenvalue weighted by Crippen LogP contribution is -2.59. The number of nitrogens with zero attached hydrogens (tertiary/aromatic N) is 2. The van der Waals surface area contributed by atoms with Gasteiger partial charge in [-0.3, -0.25) is 19.2 Å². The number of esters is 1. The van der Waals surface area contributed by atoms with E-state index in [4.69, 9.17) is 21.1 Å². The predicted molar refractivity (Wildman–Crippen MR) is 185 cm³/mol. The highest BCUT2D eigenvalue weighted by Crippen LogP contribution is 2.61. The Labute approximate surface area is 294 Å². The van der Waals surface area contributed by atoms with Crippen molar-refractivity contribution in [3.8, 4) is 0 Å². The number of nitrogens with one attached hydrogen (secondary N) is 1. The number of rotatable bonds is 15. The van der Waals surface area contributed by atoms with Gasteiger partial charge in [-0.1, -0.05) is 76.9 Å². The van der Waals surface area contributed by atoms with Crippen LogP contribution in [0.15, 0.2) is 79.9 Å². The Bertz CT molecular complexity index is 1520. The zero-order valence-electron chi connectivity index (χ0n) is 26.8. The van der Waals surface area contributed by atoms with Crippen molar-refractivity contribution >= 4 is 56.9 Å². The van der Waals surface area contributed by atoms with Crippen LogP contribution in [0.2, 0.25) is 5.02 Å². The molecule has 0 aliphatic carbocycles. The highest BCUT2D eigenvalue weighted by atomic mass is 79.9. The van der Waals surface area contributed by atoms with Crippen LogP contribution in [0.4, 0.5) is 5.69 Å². The van der Waals surface area contributed by atoms with Crippen LogP contribution in [0, 0.1) is 11.8 Å². The Morgan fingerprint density at radius 1 is 1.19 bits per heavy atom. The molecule has 3 heterocycles. The van der Waals surface area contributed by atoms with E-state index in [1.54, 1.807) is 48.6 Å². The summed E-state index contributed by atoms with van der Waals surface area (Å²) >= 11 is 9.84. The maximum absolute atomic E-state index is 14.7. The number of aliphatic hydroxyl groups excluding tert-OH is 1. The fraction of sp³-hybridized carbons (Fsp3) is 0.444. The first kappa shape index (κ1) is 35.8. The van der Waals surface area contributed by atoms with Gasteiger partial charge in [0.05, 0.1) is 37.1 Å². The Morgan fingerprint density at radius 2 is 1.90 bits per heavy atom. The third-order valence-electron chi connectivity index (χ3n) is 9.51. The van der Waals surface area contributed by atoms with E-state index in [9.17, 15) is 24.3 Å². The number of hydrogen-bond acceptors (Lipinski definition) is 7. The molecule has 3 saturated heterocycles. The number of hydrogen-bond donors (Lipinski definition) is 2. The minimum atomic E-state index is -1.37. The maximum atomic E-state index is 14.7. The van der Waals surface area contributed by atoms with E-state index in [1.807, 2.05) is 25.1 Å². The lowest BCUT2D eigenvalue weighted by molar-refractivity contribution is -0.160. The monoisotopic (exact) mass is 741 g/mol. The Balaban J connectivity index is 1.50. The molecule has 2 aromatic rings. The van der Waals surface area contributed by atoms with E-state index in [0.717, 1.165) is 0 Å². The summed E-state index contributed by atoms with van der Waals surface area (Å²) in [5.74, 6) is -3.81. The largest absolute Gasteiger partial charge is 0.455 e. The number of alkyl halides is 1. The molecule has 0 radical (unpaired) electrons. The van der Waals surface area contributed by atoms with Gasteiger partial charge in [-0.2, -0.15) is 0 Å². The number of allylic oxidation sites excluding steroid dienone is 1. The van der Waals surface area contributed by atoms with Crippen LogP contribution < -0.4 is 10.2 Å². The average molecular weight is 743 g/mol. The number of halogens is 2. The van der Waals surface area contributed by atoms with Gasteiger partial charge < -0.3 is 29.7 Å². The number of benzene rings is 2. The molecule has 8 atom stereocenters. The van der Waals surface area contributed by atoms with Crippen LogP contribution >= 0.6 is 27.5 Å². The number of carbonyl (C=O) groups excluding carboxylic acids is 4. The smallest absolute Gasteiger partial charge is 0.313 e. The maximum Gasteiger partial charge on any atom is 0.313 e. The Hall–Kier alpha value is -3.51. The van der Waals surface area contributed by atoms with Crippen LogP contribution in [0.5, 0.6) is 0 Å². The predicted octanol–water partition coefficient (Wildman–Crippen LogP) is 4.74. The second-order valence-electron chi connectivity index (χ2n) is 12.3. The van der Waals surface area contributed by atoms with Gasteiger partial charge in [0.1, 0.15) is 17.7 Å². The number of carbonyl (C=O) groups is 4. The molecule has 3 aliphatic heterocycles. The van der Waals surface area contributed by atoms with Crippen molar-refractivity contribution in [2.45, 2.75) is 67.3 Å². The second kappa shape index (κ2) is 15.4. The lowest BCUT2D eigenvalue weighted by atomic mass is 9.70. The van der Waals surface area contributed by atoms with Crippen molar-refractivity contribution in [1.29, 1.82) is 0 Å². The van der Waals surface area contributed by atoms with E-state index in [2.05, 4.69) is 34.4 Å². The molecule has 0 saturated carbocycles. The van der Waals surface area contributed by atoms with Gasteiger partial charge in [0.25, 0.3) is 5.91 Å². The molecule has 3 fully saturated rings. The molecule has 1 unspecified atom stereocenters. The van der Waals surface area contributed by atoms with E-state index < -0.39 is 59.5 Å². The Kier molecular flexibility index (Phi) is 11.5. The number of fused-ring (bicyclic) bond motifs is 1. The minimum absolute atomic E-state index is 0.0265. The van der Waals surface area contributed by atoms with Crippen LogP contribution in [-0.4, -0.2) is 82.0 Å². The van der Waals surface area contributed by atoms with Crippen LogP contribution in [-0.2, 0) is 28.7 Å². The van der Waals surface area contributed by atoms with Gasteiger partial charge >= 0.3 is 5.97 Å². The van der Waals surface area contributed by atoms with Crippen molar-refractivity contribution in [3.05, 3.63) is 90.5 Å². The van der Waals surface area contributed by atoms with E-state index in [0.29, 0.717) is 29.1 Å². The minimum Gasteiger partial charge on any atom is -0.455 e. The molecular formula is C36H41BrClN3O7.